The number of hydrogen-bond donors (Lipinski definition) is 6. The van der Waals surface area contributed by atoms with Gasteiger partial charge in [-0.05, 0) is 11.1 Å². The van der Waals surface area contributed by atoms with Crippen molar-refractivity contribution in [2.45, 2.75) is 23.0 Å². The van der Waals surface area contributed by atoms with E-state index < -0.39 is 53.4 Å². The zero-order valence-corrected chi connectivity index (χ0v) is 21.6. The van der Waals surface area contributed by atoms with Crippen LogP contribution in [-0.4, -0.2) is 40.0 Å². The van der Waals surface area contributed by atoms with E-state index in [2.05, 4.69) is 9.97 Å². The van der Waals surface area contributed by atoms with Crippen molar-refractivity contribution in [1.82, 2.24) is 0 Å². The molecule has 201 valence electrons. The zero-order chi connectivity index (χ0) is 26.6. The molecule has 0 aliphatic heterocycles. The number of pyridine rings is 2. The molecule has 0 bridgehead atoms. The minimum atomic E-state index is -5.70. The van der Waals surface area contributed by atoms with Gasteiger partial charge in [0.2, 0.25) is 0 Å². The predicted octanol–water partition coefficient (Wildman–Crippen LogP) is -4.44. The normalized spacial score (nSPS) is 21.5. The number of rotatable bonds is 8. The van der Waals surface area contributed by atoms with Crippen molar-refractivity contribution in [3.63, 3.8) is 0 Å². The van der Waals surface area contributed by atoms with Crippen LogP contribution in [0.5, 0.6) is 0 Å². The van der Waals surface area contributed by atoms with Gasteiger partial charge >= 0.3 is 17.1 Å². The Labute approximate surface area is 208 Å². The van der Waals surface area contributed by atoms with Crippen LogP contribution >= 0.6 is 30.4 Å². The van der Waals surface area contributed by atoms with E-state index in [0.29, 0.717) is 0 Å². The van der Waals surface area contributed by atoms with E-state index in [-0.39, 0.29) is 28.2 Å². The maximum Gasteiger partial charge on any atom is 2.00 e. The summed E-state index contributed by atoms with van der Waals surface area (Å²) in [5.41, 5.74) is 0.197. The summed E-state index contributed by atoms with van der Waals surface area (Å²) in [6.07, 6.45) is 3.48. The number of aromatic nitrogens is 2. The van der Waals surface area contributed by atoms with Gasteiger partial charge in [-0.1, -0.05) is 0 Å². The molecule has 0 amide bonds. The van der Waals surface area contributed by atoms with Crippen molar-refractivity contribution in [1.29, 1.82) is 0 Å². The molecule has 0 fully saturated rings. The Morgan fingerprint density at radius 3 is 0.971 bits per heavy atom. The van der Waals surface area contributed by atoms with E-state index in [9.17, 15) is 48.0 Å². The second kappa shape index (κ2) is 12.3. The quantitative estimate of drug-likeness (QED) is 0.119. The van der Waals surface area contributed by atoms with Crippen LogP contribution in [0, 0.1) is 0 Å². The summed E-state index contributed by atoms with van der Waals surface area (Å²) in [6.45, 7) is 0. The Kier molecular flexibility index (Phi) is 12.0. The van der Waals surface area contributed by atoms with E-state index in [0.717, 1.165) is 0 Å². The van der Waals surface area contributed by atoms with Gasteiger partial charge in [-0.3, -0.25) is 0 Å². The van der Waals surface area contributed by atoms with Crippen LogP contribution in [0.25, 0.3) is 0 Å². The van der Waals surface area contributed by atoms with Gasteiger partial charge in [-0.2, -0.15) is 0 Å². The van der Waals surface area contributed by atoms with Crippen molar-refractivity contribution >= 4 is 30.4 Å². The largest absolute Gasteiger partial charge is 2.00 e. The van der Waals surface area contributed by atoms with Crippen LogP contribution in [0.4, 0.5) is 0 Å². The first kappa shape index (κ1) is 34.3. The van der Waals surface area contributed by atoms with Crippen LogP contribution in [0.3, 0.4) is 0 Å². The predicted molar refractivity (Wildman–Crippen MR) is 103 cm³/mol. The number of aliphatic hydroxyl groups is 2. The van der Waals surface area contributed by atoms with Gasteiger partial charge in [0, 0.05) is 37.1 Å². The minimum absolute atomic E-state index is 0. The summed E-state index contributed by atoms with van der Waals surface area (Å²) in [7, 11) is -22.8. The molecule has 0 aliphatic carbocycles. The van der Waals surface area contributed by atoms with Crippen molar-refractivity contribution < 1.29 is 94.7 Å². The molecule has 0 spiro atoms. The molecular weight excluding hydrogens is 608 g/mol. The summed E-state index contributed by atoms with van der Waals surface area (Å²) < 4.78 is 43.6. The molecule has 0 aliphatic rings. The molecule has 21 heteroatoms. The SMILES string of the molecule is O=P([O-])(O)C(O)(Cc1cc[nH+]cc1)P(=O)([O-])O.O=P([O-])(O)C(O)(Cc1cc[nH+]cc1)P(=O)([O-])O.[Cu+2]. The van der Waals surface area contributed by atoms with Gasteiger partial charge in [-0.15, -0.1) is 0 Å². The first-order chi connectivity index (χ1) is 15.2. The third kappa shape index (κ3) is 8.70. The third-order valence-corrected chi connectivity index (χ3v) is 11.6. The van der Waals surface area contributed by atoms with Gasteiger partial charge in [0.15, 0.2) is 65.3 Å². The molecule has 0 saturated carbocycles. The molecule has 8 N–H and O–H groups in total. The fourth-order valence-corrected chi connectivity index (χ4v) is 6.43. The Hall–Kier alpha value is -0.661. The number of aromatic amines is 2. The van der Waals surface area contributed by atoms with E-state index >= 15 is 0 Å². The molecule has 4 unspecified atom stereocenters. The fraction of sp³-hybridized carbons (Fsp3) is 0.286. The zero-order valence-electron chi connectivity index (χ0n) is 17.1. The minimum Gasteiger partial charge on any atom is -0.776 e. The average Bonchev–Trinajstić information content (AvgIpc) is 2.66. The summed E-state index contributed by atoms with van der Waals surface area (Å²) in [5.74, 6) is 0. The summed E-state index contributed by atoms with van der Waals surface area (Å²) in [5, 5.41) is 11.7. The smallest absolute Gasteiger partial charge is 0.776 e. The molecular formula is C14H20CuN2O14P4. The van der Waals surface area contributed by atoms with Crippen LogP contribution in [0.15, 0.2) is 49.1 Å². The summed E-state index contributed by atoms with van der Waals surface area (Å²) in [6, 6.07) is 5.15. The Balaban J connectivity index is 0.000000642. The van der Waals surface area contributed by atoms with Crippen LogP contribution in [0.2, 0.25) is 0 Å². The van der Waals surface area contributed by atoms with Crippen molar-refractivity contribution in [3.8, 4) is 0 Å². The standard InChI is InChI=1S/2C7H11NO7P2.Cu/c2*9-7(16(10,11)12,17(13,14)15)5-6-1-3-8-4-2-6;/h2*1-4,9H,5H2,(H2,10,11,12)(H2,13,14,15);/q;;+2/p-2. The second-order valence-electron chi connectivity index (χ2n) is 6.80. The van der Waals surface area contributed by atoms with E-state index in [1.165, 1.54) is 49.1 Å². The maximum absolute atomic E-state index is 10.9. The number of nitrogens with one attached hydrogen (secondary N) is 2. The average molecular weight is 628 g/mol. The van der Waals surface area contributed by atoms with Gasteiger partial charge in [0.1, 0.15) is 0 Å². The first-order valence-electron chi connectivity index (χ1n) is 8.66. The van der Waals surface area contributed by atoms with Gasteiger partial charge in [-0.25, -0.2) is 9.97 Å². The number of hydrogen-bond acceptors (Lipinski definition) is 10. The molecule has 2 heterocycles. The molecule has 35 heavy (non-hydrogen) atoms. The monoisotopic (exact) mass is 627 g/mol. The molecule has 0 saturated heterocycles. The van der Waals surface area contributed by atoms with Gasteiger partial charge < -0.3 is 67.6 Å². The van der Waals surface area contributed by atoms with E-state index in [1.54, 1.807) is 0 Å². The van der Waals surface area contributed by atoms with Crippen LogP contribution in [0.1, 0.15) is 11.1 Å². The maximum atomic E-state index is 10.9. The summed E-state index contributed by atoms with van der Waals surface area (Å²) >= 11 is 0. The molecule has 1 radical (unpaired) electrons. The fourth-order valence-electron chi connectivity index (χ4n) is 2.35. The van der Waals surface area contributed by atoms with E-state index in [4.69, 9.17) is 19.6 Å². The van der Waals surface area contributed by atoms with Crippen LogP contribution in [-0.2, 0) is 48.2 Å². The molecule has 0 aromatic carbocycles. The third-order valence-electron chi connectivity index (χ3n) is 4.27. The van der Waals surface area contributed by atoms with E-state index in [1.807, 2.05) is 0 Å². The second-order valence-corrected chi connectivity index (χ2v) is 14.6. The summed E-state index contributed by atoms with van der Waals surface area (Å²) in [4.78, 5) is 83.8. The Morgan fingerprint density at radius 1 is 0.600 bits per heavy atom. The Bertz CT molecular complexity index is 1010. The van der Waals surface area contributed by atoms with Gasteiger partial charge in [0.05, 0.1) is 0 Å². The number of H-pyrrole nitrogens is 2. The Morgan fingerprint density at radius 2 is 0.800 bits per heavy atom. The van der Waals surface area contributed by atoms with Crippen molar-refractivity contribution in [3.05, 3.63) is 60.2 Å². The van der Waals surface area contributed by atoms with Crippen molar-refractivity contribution in [2.75, 3.05) is 0 Å². The van der Waals surface area contributed by atoms with Crippen molar-refractivity contribution in [2.24, 2.45) is 0 Å². The van der Waals surface area contributed by atoms with Gasteiger partial charge in [0.25, 0.3) is 0 Å². The van der Waals surface area contributed by atoms with Crippen LogP contribution < -0.4 is 29.5 Å². The molecule has 2 aromatic heterocycles. The topological polar surface area (TPSA) is 310 Å². The molecule has 2 aromatic rings. The molecule has 2 rings (SSSR count). The first-order valence-corrected chi connectivity index (χ1v) is 15.0. The molecule has 16 nitrogen and oxygen atoms in total. The molecule has 4 atom stereocenters.